The van der Waals surface area contributed by atoms with E-state index in [1.807, 2.05) is 17.7 Å². The monoisotopic (exact) mass is 321 g/mol. The van der Waals surface area contributed by atoms with Gasteiger partial charge in [-0.1, -0.05) is 20.8 Å². The summed E-state index contributed by atoms with van der Waals surface area (Å²) in [5.41, 5.74) is 1.55. The summed E-state index contributed by atoms with van der Waals surface area (Å²) in [7, 11) is 0. The summed E-state index contributed by atoms with van der Waals surface area (Å²) in [6.07, 6.45) is 3.43. The lowest BCUT2D eigenvalue weighted by atomic mass is 9.87. The van der Waals surface area contributed by atoms with Gasteiger partial charge in [-0.3, -0.25) is 9.48 Å². The van der Waals surface area contributed by atoms with Crippen LogP contribution in [0.3, 0.4) is 0 Å². The molecule has 0 aromatic carbocycles. The van der Waals surface area contributed by atoms with Crippen LogP contribution in [0.4, 0.5) is 0 Å². The molecular weight excluding hydrogens is 290 g/mol. The summed E-state index contributed by atoms with van der Waals surface area (Å²) in [4.78, 5) is 12.4. The van der Waals surface area contributed by atoms with Crippen LogP contribution in [0.25, 0.3) is 0 Å². The smallest absolute Gasteiger partial charge is 0.271 e. The number of ether oxygens (including phenoxy) is 1. The second-order valence-electron chi connectivity index (χ2n) is 7.06. The number of amides is 1. The fourth-order valence-electron chi connectivity index (χ4n) is 3.35. The van der Waals surface area contributed by atoms with Crippen molar-refractivity contribution in [3.63, 3.8) is 0 Å². The Morgan fingerprint density at radius 1 is 1.48 bits per heavy atom. The third-order valence-electron chi connectivity index (χ3n) is 4.84. The van der Waals surface area contributed by atoms with Gasteiger partial charge in [0.05, 0.1) is 6.10 Å². The molecule has 1 saturated heterocycles. The molecule has 3 atom stereocenters. The number of aryl methyl sites for hydroxylation is 1. The van der Waals surface area contributed by atoms with Gasteiger partial charge < -0.3 is 10.1 Å². The Hall–Kier alpha value is -1.36. The fraction of sp³-hybridized carbons (Fsp3) is 0.778. The molecule has 5 heteroatoms. The molecule has 0 bridgehead atoms. The van der Waals surface area contributed by atoms with Crippen LogP contribution in [0.1, 0.15) is 69.2 Å². The highest BCUT2D eigenvalue weighted by molar-refractivity contribution is 5.92. The third kappa shape index (κ3) is 4.34. The van der Waals surface area contributed by atoms with Crippen molar-refractivity contribution in [2.75, 3.05) is 13.2 Å². The van der Waals surface area contributed by atoms with Crippen molar-refractivity contribution in [3.05, 3.63) is 17.5 Å². The molecule has 1 amide bonds. The van der Waals surface area contributed by atoms with Crippen molar-refractivity contribution >= 4 is 5.91 Å². The van der Waals surface area contributed by atoms with Crippen LogP contribution >= 0.6 is 0 Å². The molecule has 130 valence electrons. The van der Waals surface area contributed by atoms with Crippen molar-refractivity contribution in [1.82, 2.24) is 15.1 Å². The molecular formula is C18H31N3O2. The van der Waals surface area contributed by atoms with E-state index in [-0.39, 0.29) is 12.0 Å². The molecule has 0 spiro atoms. The lowest BCUT2D eigenvalue weighted by Gasteiger charge is -2.34. The van der Waals surface area contributed by atoms with Crippen LogP contribution in [0, 0.1) is 18.8 Å². The van der Waals surface area contributed by atoms with E-state index >= 15 is 0 Å². The van der Waals surface area contributed by atoms with Gasteiger partial charge in [0, 0.05) is 30.8 Å². The number of aromatic nitrogens is 2. The molecule has 5 nitrogen and oxygen atoms in total. The molecule has 1 aliphatic rings. The zero-order valence-electron chi connectivity index (χ0n) is 15.1. The predicted octanol–water partition coefficient (Wildman–Crippen LogP) is 3.34. The summed E-state index contributed by atoms with van der Waals surface area (Å²) < 4.78 is 7.83. The summed E-state index contributed by atoms with van der Waals surface area (Å²) in [5.74, 6) is 0.790. The quantitative estimate of drug-likeness (QED) is 0.874. The molecule has 3 unspecified atom stereocenters. The molecule has 1 fully saturated rings. The van der Waals surface area contributed by atoms with Crippen molar-refractivity contribution in [3.8, 4) is 0 Å². The van der Waals surface area contributed by atoms with Gasteiger partial charge in [-0.05, 0) is 45.1 Å². The van der Waals surface area contributed by atoms with Crippen LogP contribution in [0.15, 0.2) is 6.07 Å². The number of hydrogen-bond donors (Lipinski definition) is 1. The van der Waals surface area contributed by atoms with Crippen LogP contribution in [-0.2, 0) is 4.74 Å². The van der Waals surface area contributed by atoms with Gasteiger partial charge >= 0.3 is 0 Å². The van der Waals surface area contributed by atoms with E-state index in [1.54, 1.807) is 0 Å². The van der Waals surface area contributed by atoms with Gasteiger partial charge in [0.25, 0.3) is 5.91 Å². The van der Waals surface area contributed by atoms with E-state index in [0.717, 1.165) is 31.6 Å². The average molecular weight is 321 g/mol. The van der Waals surface area contributed by atoms with E-state index in [4.69, 9.17) is 4.74 Å². The summed E-state index contributed by atoms with van der Waals surface area (Å²) >= 11 is 0. The standard InChI is InChI=1S/C18H31N3O2/c1-6-13(4)21-14(5)10-16(20-21)18(22)19-11-15-8-7-9-23-17(15)12(2)3/h10,12-13,15,17H,6-9,11H2,1-5H3,(H,19,22). The Morgan fingerprint density at radius 3 is 2.87 bits per heavy atom. The third-order valence-corrected chi connectivity index (χ3v) is 4.84. The van der Waals surface area contributed by atoms with Gasteiger partial charge in [-0.15, -0.1) is 0 Å². The number of carbonyl (C=O) groups is 1. The van der Waals surface area contributed by atoms with Crippen LogP contribution in [0.2, 0.25) is 0 Å². The average Bonchev–Trinajstić information content (AvgIpc) is 2.94. The SMILES string of the molecule is CCC(C)n1nc(C(=O)NCC2CCCOC2C(C)C)cc1C. The number of nitrogens with one attached hydrogen (secondary N) is 1. The zero-order chi connectivity index (χ0) is 17.0. The predicted molar refractivity (Wildman–Crippen MR) is 91.6 cm³/mol. The lowest BCUT2D eigenvalue weighted by Crippen LogP contribution is -2.41. The second-order valence-corrected chi connectivity index (χ2v) is 7.06. The molecule has 1 aliphatic heterocycles. The Morgan fingerprint density at radius 2 is 2.22 bits per heavy atom. The van der Waals surface area contributed by atoms with Crippen molar-refractivity contribution in [1.29, 1.82) is 0 Å². The first-order valence-electron chi connectivity index (χ1n) is 8.90. The maximum Gasteiger partial charge on any atom is 0.271 e. The molecule has 0 saturated carbocycles. The van der Waals surface area contributed by atoms with Crippen molar-refractivity contribution < 1.29 is 9.53 Å². The first-order chi connectivity index (χ1) is 10.9. The molecule has 0 aliphatic carbocycles. The Kier molecular flexibility index (Phi) is 6.22. The van der Waals surface area contributed by atoms with E-state index < -0.39 is 0 Å². The fourth-order valence-corrected chi connectivity index (χ4v) is 3.35. The summed E-state index contributed by atoms with van der Waals surface area (Å²) in [5, 5.41) is 7.53. The number of hydrogen-bond acceptors (Lipinski definition) is 3. The van der Waals surface area contributed by atoms with Gasteiger partial charge in [0.1, 0.15) is 5.69 Å². The highest BCUT2D eigenvalue weighted by Crippen LogP contribution is 2.25. The normalized spacial score (nSPS) is 23.0. The lowest BCUT2D eigenvalue weighted by molar-refractivity contribution is -0.0510. The minimum Gasteiger partial charge on any atom is -0.378 e. The number of rotatable bonds is 6. The summed E-state index contributed by atoms with van der Waals surface area (Å²) in [6.45, 7) is 12.1. The molecule has 1 N–H and O–H groups in total. The van der Waals surface area contributed by atoms with E-state index in [2.05, 4.69) is 38.1 Å². The number of nitrogens with zero attached hydrogens (tertiary/aromatic N) is 2. The van der Waals surface area contributed by atoms with Crippen molar-refractivity contribution in [2.24, 2.45) is 11.8 Å². The molecule has 2 rings (SSSR count). The first kappa shape index (κ1) is 18.0. The van der Waals surface area contributed by atoms with Crippen molar-refractivity contribution in [2.45, 2.75) is 66.0 Å². The van der Waals surface area contributed by atoms with E-state index in [1.165, 1.54) is 0 Å². The largest absolute Gasteiger partial charge is 0.378 e. The van der Waals surface area contributed by atoms with Crippen LogP contribution < -0.4 is 5.32 Å². The maximum atomic E-state index is 12.4. The van der Waals surface area contributed by atoms with Gasteiger partial charge in [-0.25, -0.2) is 0 Å². The maximum absolute atomic E-state index is 12.4. The Bertz CT molecular complexity index is 524. The minimum atomic E-state index is -0.0803. The summed E-state index contributed by atoms with van der Waals surface area (Å²) in [6, 6.07) is 2.19. The minimum absolute atomic E-state index is 0.0803. The number of carbonyl (C=O) groups excluding carboxylic acids is 1. The van der Waals surface area contributed by atoms with E-state index in [0.29, 0.717) is 30.1 Å². The van der Waals surface area contributed by atoms with Gasteiger partial charge in [-0.2, -0.15) is 5.10 Å². The Labute approximate surface area is 139 Å². The topological polar surface area (TPSA) is 56.2 Å². The Balaban J connectivity index is 1.96. The molecule has 1 aromatic rings. The van der Waals surface area contributed by atoms with Gasteiger partial charge in [0.2, 0.25) is 0 Å². The van der Waals surface area contributed by atoms with Crippen LogP contribution in [0.5, 0.6) is 0 Å². The van der Waals surface area contributed by atoms with E-state index in [9.17, 15) is 4.79 Å². The molecule has 23 heavy (non-hydrogen) atoms. The highest BCUT2D eigenvalue weighted by atomic mass is 16.5. The highest BCUT2D eigenvalue weighted by Gasteiger charge is 2.29. The molecule has 1 aromatic heterocycles. The van der Waals surface area contributed by atoms with Crippen LogP contribution in [-0.4, -0.2) is 34.9 Å². The zero-order valence-corrected chi connectivity index (χ0v) is 15.1. The molecule has 0 radical (unpaired) electrons. The van der Waals surface area contributed by atoms with Gasteiger partial charge in [0.15, 0.2) is 0 Å². The second kappa shape index (κ2) is 7.95. The first-order valence-corrected chi connectivity index (χ1v) is 8.90. The molecule has 2 heterocycles.